The summed E-state index contributed by atoms with van der Waals surface area (Å²) in [6.07, 6.45) is 1.41. The zero-order valence-electron chi connectivity index (χ0n) is 12.1. The maximum atomic E-state index is 11.8. The van der Waals surface area contributed by atoms with Gasteiger partial charge in [0.2, 0.25) is 0 Å². The summed E-state index contributed by atoms with van der Waals surface area (Å²) in [4.78, 5) is 13.1. The van der Waals surface area contributed by atoms with Crippen LogP contribution in [0.4, 0.5) is 0 Å². The molecule has 2 aromatic rings. The van der Waals surface area contributed by atoms with Crippen molar-refractivity contribution in [2.75, 3.05) is 13.1 Å². The predicted molar refractivity (Wildman–Crippen MR) is 78.5 cm³/mol. The zero-order valence-corrected chi connectivity index (χ0v) is 12.1. The Kier molecular flexibility index (Phi) is 3.69. The van der Waals surface area contributed by atoms with Crippen LogP contribution in [0.25, 0.3) is 11.0 Å². The van der Waals surface area contributed by atoms with Crippen LogP contribution < -0.4 is 10.5 Å². The Hall–Kier alpha value is -1.85. The number of hydrogen-bond acceptors (Lipinski definition) is 4. The van der Waals surface area contributed by atoms with E-state index in [1.165, 1.54) is 11.0 Å². The van der Waals surface area contributed by atoms with Gasteiger partial charge in [-0.25, -0.2) is 4.79 Å². The first kappa shape index (κ1) is 14.1. The van der Waals surface area contributed by atoms with Gasteiger partial charge in [0.25, 0.3) is 0 Å². The maximum absolute atomic E-state index is 11.8. The van der Waals surface area contributed by atoms with Gasteiger partial charge in [0.15, 0.2) is 0 Å². The Morgan fingerprint density at radius 2 is 2.05 bits per heavy atom. The highest BCUT2D eigenvalue weighted by atomic mass is 16.4. The number of hydrogen-bond donors (Lipinski definition) is 3. The first-order chi connectivity index (χ1) is 10.0. The summed E-state index contributed by atoms with van der Waals surface area (Å²) in [5.41, 5.74) is 1.61. The lowest BCUT2D eigenvalue weighted by Crippen LogP contribution is -3.12. The molecule has 0 saturated carbocycles. The summed E-state index contributed by atoms with van der Waals surface area (Å²) in [5.74, 6) is 0.135. The van der Waals surface area contributed by atoms with E-state index in [-0.39, 0.29) is 17.5 Å². The summed E-state index contributed by atoms with van der Waals surface area (Å²) < 4.78 is 5.26. The molecule has 3 rings (SSSR count). The Morgan fingerprint density at radius 1 is 1.33 bits per heavy atom. The van der Waals surface area contributed by atoms with Crippen LogP contribution in [0.1, 0.15) is 24.0 Å². The van der Waals surface area contributed by atoms with Crippen LogP contribution in [0.15, 0.2) is 27.4 Å². The number of likely N-dealkylation sites (tertiary alicyclic amines) is 1. The van der Waals surface area contributed by atoms with Gasteiger partial charge < -0.3 is 19.5 Å². The van der Waals surface area contributed by atoms with Crippen LogP contribution in [0.3, 0.4) is 0 Å². The number of benzene rings is 1. The van der Waals surface area contributed by atoms with Gasteiger partial charge >= 0.3 is 5.63 Å². The molecule has 1 fully saturated rings. The predicted octanol–water partition coefficient (Wildman–Crippen LogP) is 0.347. The molecular weight excluding hydrogens is 270 g/mol. The number of fused-ring (bicyclic) bond motifs is 1. The topological polar surface area (TPSA) is 75.1 Å². The lowest BCUT2D eigenvalue weighted by molar-refractivity contribution is -0.919. The molecule has 2 heterocycles. The van der Waals surface area contributed by atoms with E-state index in [1.54, 1.807) is 19.1 Å². The second kappa shape index (κ2) is 5.50. The van der Waals surface area contributed by atoms with Crippen LogP contribution in [0.2, 0.25) is 0 Å². The molecule has 1 aromatic heterocycles. The molecule has 1 aliphatic rings. The first-order valence-corrected chi connectivity index (χ1v) is 7.31. The van der Waals surface area contributed by atoms with Gasteiger partial charge in [0.05, 0.1) is 19.2 Å². The molecule has 112 valence electrons. The van der Waals surface area contributed by atoms with Crippen molar-refractivity contribution in [1.82, 2.24) is 0 Å². The second-order valence-electron chi connectivity index (χ2n) is 5.83. The lowest BCUT2D eigenvalue weighted by atomic mass is 10.0. The van der Waals surface area contributed by atoms with E-state index in [1.807, 2.05) is 0 Å². The van der Waals surface area contributed by atoms with E-state index in [9.17, 15) is 15.0 Å². The van der Waals surface area contributed by atoms with Crippen molar-refractivity contribution < 1.29 is 19.5 Å². The minimum Gasteiger partial charge on any atom is -0.508 e. The SMILES string of the molecule is Cc1c(O)ccc2c(C[NH+]3CCC(O)CC3)cc(=O)oc12. The molecule has 3 N–H and O–H groups in total. The highest BCUT2D eigenvalue weighted by Gasteiger charge is 2.22. The molecule has 1 aliphatic heterocycles. The fourth-order valence-corrected chi connectivity index (χ4v) is 3.02. The van der Waals surface area contributed by atoms with Crippen molar-refractivity contribution >= 4 is 11.0 Å². The summed E-state index contributed by atoms with van der Waals surface area (Å²) in [7, 11) is 0. The van der Waals surface area contributed by atoms with Crippen molar-refractivity contribution in [2.45, 2.75) is 32.4 Å². The molecule has 1 aromatic carbocycles. The quantitative estimate of drug-likeness (QED) is 0.698. The van der Waals surface area contributed by atoms with Gasteiger partial charge in [-0.05, 0) is 19.1 Å². The van der Waals surface area contributed by atoms with Gasteiger partial charge in [0, 0.05) is 35.4 Å². The average Bonchev–Trinajstić information content (AvgIpc) is 2.46. The number of phenols is 1. The third-order valence-corrected chi connectivity index (χ3v) is 4.32. The molecule has 21 heavy (non-hydrogen) atoms. The number of rotatable bonds is 2. The van der Waals surface area contributed by atoms with Crippen LogP contribution in [-0.2, 0) is 6.54 Å². The molecule has 0 bridgehead atoms. The molecule has 0 radical (unpaired) electrons. The molecule has 1 saturated heterocycles. The molecule has 0 amide bonds. The van der Waals surface area contributed by atoms with Crippen molar-refractivity contribution in [1.29, 1.82) is 0 Å². The molecule has 5 nitrogen and oxygen atoms in total. The fraction of sp³-hybridized carbons (Fsp3) is 0.438. The van der Waals surface area contributed by atoms with Crippen LogP contribution in [0.5, 0.6) is 5.75 Å². The van der Waals surface area contributed by atoms with Gasteiger partial charge in [0.1, 0.15) is 17.9 Å². The normalized spacial score (nSPS) is 22.6. The van der Waals surface area contributed by atoms with Gasteiger partial charge in [-0.3, -0.25) is 0 Å². The minimum atomic E-state index is -0.386. The molecule has 0 aliphatic carbocycles. The van der Waals surface area contributed by atoms with Crippen molar-refractivity contribution in [3.8, 4) is 5.75 Å². The van der Waals surface area contributed by atoms with Crippen LogP contribution in [0, 0.1) is 6.92 Å². The summed E-state index contributed by atoms with van der Waals surface area (Å²) in [6.45, 7) is 4.29. The standard InChI is InChI=1S/C16H19NO4/c1-10-14(19)3-2-13-11(8-15(20)21-16(10)13)9-17-6-4-12(18)5-7-17/h2-3,8,12,18-19H,4-7,9H2,1H3/p+1. The number of aryl methyl sites for hydroxylation is 1. The van der Waals surface area contributed by atoms with E-state index in [0.717, 1.165) is 43.4 Å². The minimum absolute atomic E-state index is 0.135. The maximum Gasteiger partial charge on any atom is 0.336 e. The summed E-state index contributed by atoms with van der Waals surface area (Å²) in [6, 6.07) is 4.97. The Balaban J connectivity index is 1.98. The first-order valence-electron chi connectivity index (χ1n) is 7.31. The van der Waals surface area contributed by atoms with Gasteiger partial charge in [-0.1, -0.05) is 0 Å². The number of piperidine rings is 1. The number of aromatic hydroxyl groups is 1. The van der Waals surface area contributed by atoms with Crippen LogP contribution in [-0.4, -0.2) is 29.4 Å². The van der Waals surface area contributed by atoms with Crippen molar-refractivity contribution in [3.63, 3.8) is 0 Å². The van der Waals surface area contributed by atoms with Crippen LogP contribution >= 0.6 is 0 Å². The van der Waals surface area contributed by atoms with E-state index in [4.69, 9.17) is 4.42 Å². The molecular formula is C16H20NO4+. The van der Waals surface area contributed by atoms with Crippen molar-refractivity contribution in [2.24, 2.45) is 0 Å². The number of aliphatic hydroxyl groups excluding tert-OH is 1. The summed E-state index contributed by atoms with van der Waals surface area (Å²) in [5, 5.41) is 20.2. The van der Waals surface area contributed by atoms with E-state index in [0.29, 0.717) is 11.1 Å². The third-order valence-electron chi connectivity index (χ3n) is 4.32. The molecule has 0 unspecified atom stereocenters. The van der Waals surface area contributed by atoms with E-state index in [2.05, 4.69) is 0 Å². The summed E-state index contributed by atoms with van der Waals surface area (Å²) >= 11 is 0. The van der Waals surface area contributed by atoms with Gasteiger partial charge in [-0.15, -0.1) is 0 Å². The highest BCUT2D eigenvalue weighted by Crippen LogP contribution is 2.27. The van der Waals surface area contributed by atoms with Crippen molar-refractivity contribution in [3.05, 3.63) is 39.7 Å². The van der Waals surface area contributed by atoms with E-state index >= 15 is 0 Å². The number of nitrogens with one attached hydrogen (secondary N) is 1. The highest BCUT2D eigenvalue weighted by molar-refractivity contribution is 5.84. The largest absolute Gasteiger partial charge is 0.508 e. The monoisotopic (exact) mass is 290 g/mol. The lowest BCUT2D eigenvalue weighted by Gasteiger charge is -2.26. The smallest absolute Gasteiger partial charge is 0.336 e. The molecule has 0 spiro atoms. The Morgan fingerprint density at radius 3 is 2.76 bits per heavy atom. The molecule has 5 heteroatoms. The number of phenolic OH excluding ortho intramolecular Hbond substituents is 1. The Bertz CT molecular complexity index is 714. The number of aliphatic hydroxyl groups is 1. The third kappa shape index (κ3) is 2.80. The average molecular weight is 290 g/mol. The fourth-order valence-electron chi connectivity index (χ4n) is 3.02. The van der Waals surface area contributed by atoms with Gasteiger partial charge in [-0.2, -0.15) is 0 Å². The second-order valence-corrected chi connectivity index (χ2v) is 5.83. The van der Waals surface area contributed by atoms with E-state index < -0.39 is 0 Å². The number of quaternary nitrogens is 1. The Labute approximate surface area is 122 Å². The molecule has 0 atom stereocenters. The zero-order chi connectivity index (χ0) is 15.0.